The molecule has 0 unspecified atom stereocenters. The molecule has 1 fully saturated rings. The van der Waals surface area contributed by atoms with Gasteiger partial charge in [-0.2, -0.15) is 0 Å². The lowest BCUT2D eigenvalue weighted by Gasteiger charge is -2.31. The fourth-order valence-electron chi connectivity index (χ4n) is 4.01. The molecule has 1 aliphatic carbocycles. The Hall–Kier alpha value is -1.69. The summed E-state index contributed by atoms with van der Waals surface area (Å²) in [5.74, 6) is 0.783. The van der Waals surface area contributed by atoms with Gasteiger partial charge in [0.15, 0.2) is 0 Å². The summed E-state index contributed by atoms with van der Waals surface area (Å²) in [5.41, 5.74) is 2.54. The van der Waals surface area contributed by atoms with Crippen molar-refractivity contribution in [2.75, 3.05) is 32.8 Å². The number of morpholine rings is 1. The van der Waals surface area contributed by atoms with Crippen LogP contribution >= 0.6 is 11.3 Å². The van der Waals surface area contributed by atoms with Crippen molar-refractivity contribution < 1.29 is 9.53 Å². The van der Waals surface area contributed by atoms with Crippen molar-refractivity contribution in [1.29, 1.82) is 0 Å². The molecule has 1 aromatic carbocycles. The maximum atomic E-state index is 13.0. The molecule has 0 saturated carbocycles. The summed E-state index contributed by atoms with van der Waals surface area (Å²) in [7, 11) is 0. The summed E-state index contributed by atoms with van der Waals surface area (Å²) in [6.07, 6.45) is 3.46. The average molecular weight is 385 g/mol. The summed E-state index contributed by atoms with van der Waals surface area (Å²) in [6.45, 7) is 6.50. The van der Waals surface area contributed by atoms with E-state index in [4.69, 9.17) is 4.74 Å². The van der Waals surface area contributed by atoms with Gasteiger partial charge >= 0.3 is 0 Å². The highest BCUT2D eigenvalue weighted by atomic mass is 32.1. The molecule has 1 saturated heterocycles. The molecule has 0 spiro atoms. The van der Waals surface area contributed by atoms with Gasteiger partial charge in [0.05, 0.1) is 24.1 Å². The first-order chi connectivity index (χ1) is 13.2. The van der Waals surface area contributed by atoms with Gasteiger partial charge in [-0.05, 0) is 42.4 Å². The van der Waals surface area contributed by atoms with E-state index in [9.17, 15) is 4.79 Å². The quantitative estimate of drug-likeness (QED) is 0.855. The van der Waals surface area contributed by atoms with Gasteiger partial charge in [-0.15, -0.1) is 11.3 Å². The average Bonchev–Trinajstić information content (AvgIpc) is 3.12. The number of benzene rings is 1. The van der Waals surface area contributed by atoms with E-state index >= 15 is 0 Å². The molecule has 2 atom stereocenters. The van der Waals surface area contributed by atoms with Crippen LogP contribution in [0.2, 0.25) is 0 Å². The van der Waals surface area contributed by atoms with Crippen molar-refractivity contribution in [3.05, 3.63) is 57.3 Å². The van der Waals surface area contributed by atoms with Crippen LogP contribution in [0.15, 0.2) is 36.4 Å². The monoisotopic (exact) mass is 384 g/mol. The van der Waals surface area contributed by atoms with E-state index in [1.807, 2.05) is 18.2 Å². The summed E-state index contributed by atoms with van der Waals surface area (Å²) < 4.78 is 5.47. The molecule has 4 nitrogen and oxygen atoms in total. The molecule has 144 valence electrons. The number of nitrogens with one attached hydrogen (secondary N) is 1. The second-order valence-electron chi connectivity index (χ2n) is 7.76. The summed E-state index contributed by atoms with van der Waals surface area (Å²) >= 11 is 1.68. The van der Waals surface area contributed by atoms with Crippen LogP contribution < -0.4 is 5.32 Å². The number of hydrogen-bond donors (Lipinski definition) is 1. The molecule has 1 aromatic heterocycles. The van der Waals surface area contributed by atoms with E-state index in [1.165, 1.54) is 16.9 Å². The Labute approximate surface area is 165 Å². The van der Waals surface area contributed by atoms with Crippen LogP contribution in [-0.4, -0.2) is 43.7 Å². The molecule has 5 heteroatoms. The number of hydrogen-bond acceptors (Lipinski definition) is 4. The second-order valence-corrected chi connectivity index (χ2v) is 8.89. The molecule has 2 heterocycles. The molecule has 1 amide bonds. The van der Waals surface area contributed by atoms with Gasteiger partial charge in [0.2, 0.25) is 0 Å². The molecule has 4 rings (SSSR count). The van der Waals surface area contributed by atoms with Crippen molar-refractivity contribution in [2.24, 2.45) is 5.92 Å². The molecule has 0 bridgehead atoms. The SMILES string of the molecule is C[C@H]1CCc2sc(C(=O)N[C@@H](CN3CCOCC3)c3ccccc3)cc2C1. The number of fused-ring (bicyclic) bond motifs is 1. The zero-order chi connectivity index (χ0) is 18.6. The minimum Gasteiger partial charge on any atom is -0.379 e. The van der Waals surface area contributed by atoms with Crippen molar-refractivity contribution in [3.8, 4) is 0 Å². The Bertz CT molecular complexity index is 768. The number of ether oxygens (including phenoxy) is 1. The normalized spacial score (nSPS) is 21.4. The lowest BCUT2D eigenvalue weighted by atomic mass is 9.90. The molecular formula is C22H28N2O2S. The first-order valence-electron chi connectivity index (χ1n) is 9.96. The highest BCUT2D eigenvalue weighted by Crippen LogP contribution is 2.32. The van der Waals surface area contributed by atoms with E-state index in [2.05, 4.69) is 35.3 Å². The highest BCUT2D eigenvalue weighted by Gasteiger charge is 2.24. The maximum Gasteiger partial charge on any atom is 0.261 e. The number of nitrogens with zero attached hydrogens (tertiary/aromatic N) is 1. The number of carbonyl (C=O) groups is 1. The van der Waals surface area contributed by atoms with Crippen LogP contribution in [0.25, 0.3) is 0 Å². The smallest absolute Gasteiger partial charge is 0.261 e. The third-order valence-electron chi connectivity index (χ3n) is 5.60. The summed E-state index contributed by atoms with van der Waals surface area (Å²) in [5, 5.41) is 3.31. The van der Waals surface area contributed by atoms with Gasteiger partial charge in [-0.1, -0.05) is 37.3 Å². The minimum atomic E-state index is -0.00477. The number of thiophene rings is 1. The predicted molar refractivity (Wildman–Crippen MR) is 109 cm³/mol. The number of amides is 1. The first-order valence-corrected chi connectivity index (χ1v) is 10.8. The number of rotatable bonds is 5. The zero-order valence-electron chi connectivity index (χ0n) is 15.9. The Morgan fingerprint density at radius 3 is 2.85 bits per heavy atom. The van der Waals surface area contributed by atoms with Gasteiger partial charge in [0.25, 0.3) is 5.91 Å². The first kappa shape index (κ1) is 18.7. The molecule has 2 aromatic rings. The van der Waals surface area contributed by atoms with Crippen LogP contribution in [0.3, 0.4) is 0 Å². The zero-order valence-corrected chi connectivity index (χ0v) is 16.8. The summed E-state index contributed by atoms with van der Waals surface area (Å²) in [4.78, 5) is 17.7. The highest BCUT2D eigenvalue weighted by molar-refractivity contribution is 7.14. The maximum absolute atomic E-state index is 13.0. The largest absolute Gasteiger partial charge is 0.379 e. The Kier molecular flexibility index (Phi) is 5.91. The minimum absolute atomic E-state index is 0.00477. The van der Waals surface area contributed by atoms with Gasteiger partial charge in [0.1, 0.15) is 0 Å². The van der Waals surface area contributed by atoms with E-state index < -0.39 is 0 Å². The van der Waals surface area contributed by atoms with Gasteiger partial charge in [-0.3, -0.25) is 9.69 Å². The Morgan fingerprint density at radius 1 is 1.30 bits per heavy atom. The number of carbonyl (C=O) groups excluding carboxylic acids is 1. The molecule has 0 radical (unpaired) electrons. The molecule has 27 heavy (non-hydrogen) atoms. The predicted octanol–water partition coefficient (Wildman–Crippen LogP) is 3.68. The van der Waals surface area contributed by atoms with Crippen molar-refractivity contribution in [1.82, 2.24) is 10.2 Å². The summed E-state index contributed by atoms with van der Waals surface area (Å²) in [6, 6.07) is 12.4. The third kappa shape index (κ3) is 4.60. The number of aryl methyl sites for hydroxylation is 1. The molecule has 2 aliphatic rings. The van der Waals surface area contributed by atoms with Gasteiger partial charge in [-0.25, -0.2) is 0 Å². The van der Waals surface area contributed by atoms with E-state index in [0.717, 1.165) is 62.0 Å². The van der Waals surface area contributed by atoms with Gasteiger partial charge < -0.3 is 10.1 Å². The van der Waals surface area contributed by atoms with E-state index in [-0.39, 0.29) is 11.9 Å². The fraction of sp³-hybridized carbons (Fsp3) is 0.500. The fourth-order valence-corrected chi connectivity index (χ4v) is 5.12. The van der Waals surface area contributed by atoms with Crippen LogP contribution in [0.4, 0.5) is 0 Å². The standard InChI is InChI=1S/C22H28N2O2S/c1-16-7-8-20-18(13-16)14-21(27-20)22(25)23-19(17-5-3-2-4-6-17)15-24-9-11-26-12-10-24/h2-6,14,16,19H,7-13,15H2,1H3,(H,23,25)/t16-,19-/m0/s1. The van der Waals surface area contributed by atoms with Crippen molar-refractivity contribution >= 4 is 17.2 Å². The van der Waals surface area contributed by atoms with Crippen LogP contribution in [-0.2, 0) is 17.6 Å². The van der Waals surface area contributed by atoms with E-state index in [0.29, 0.717) is 0 Å². The lowest BCUT2D eigenvalue weighted by Crippen LogP contribution is -2.43. The second kappa shape index (κ2) is 8.55. The molecule has 1 aliphatic heterocycles. The third-order valence-corrected chi connectivity index (χ3v) is 6.84. The van der Waals surface area contributed by atoms with Crippen LogP contribution in [0.1, 0.15) is 45.1 Å². The molecule has 1 N–H and O–H groups in total. The lowest BCUT2D eigenvalue weighted by molar-refractivity contribution is 0.0332. The molecular weight excluding hydrogens is 356 g/mol. The topological polar surface area (TPSA) is 41.6 Å². The Morgan fingerprint density at radius 2 is 2.07 bits per heavy atom. The van der Waals surface area contributed by atoms with Crippen molar-refractivity contribution in [2.45, 2.75) is 32.2 Å². The van der Waals surface area contributed by atoms with E-state index in [1.54, 1.807) is 11.3 Å². The van der Waals surface area contributed by atoms with Crippen LogP contribution in [0.5, 0.6) is 0 Å². The van der Waals surface area contributed by atoms with Gasteiger partial charge in [0, 0.05) is 24.5 Å². The van der Waals surface area contributed by atoms with Crippen molar-refractivity contribution in [3.63, 3.8) is 0 Å². The Balaban J connectivity index is 1.49. The van der Waals surface area contributed by atoms with Crippen LogP contribution in [0, 0.1) is 5.92 Å².